The summed E-state index contributed by atoms with van der Waals surface area (Å²) in [6.07, 6.45) is -2.48. The molecule has 0 bridgehead atoms. The molecule has 0 aliphatic carbocycles. The van der Waals surface area contributed by atoms with Gasteiger partial charge in [0.25, 0.3) is 0 Å². The standard InChI is InChI=1S/C10H10F4N2O2/c11-9(12)10(13,14)5-15-4-7-6(8(17)18)2-1-3-16-7/h1-3,9,15H,4-5H2,(H,17,18). The number of halogens is 4. The van der Waals surface area contributed by atoms with Crippen LogP contribution in [0.25, 0.3) is 0 Å². The maximum absolute atomic E-state index is 12.6. The van der Waals surface area contributed by atoms with E-state index in [4.69, 9.17) is 5.11 Å². The summed E-state index contributed by atoms with van der Waals surface area (Å²) in [6.45, 7) is -1.58. The molecule has 0 aliphatic rings. The molecule has 18 heavy (non-hydrogen) atoms. The molecule has 0 saturated heterocycles. The number of carboxylic acids is 1. The molecule has 1 aromatic rings. The SMILES string of the molecule is O=C(O)c1cccnc1CNCC(F)(F)C(F)F. The Balaban J connectivity index is 2.62. The summed E-state index contributed by atoms with van der Waals surface area (Å²) >= 11 is 0. The number of nitrogens with zero attached hydrogens (tertiary/aromatic N) is 1. The van der Waals surface area contributed by atoms with Gasteiger partial charge in [0.1, 0.15) is 0 Å². The molecule has 0 aromatic carbocycles. The molecule has 0 unspecified atom stereocenters. The van der Waals surface area contributed by atoms with Gasteiger partial charge in [-0.25, -0.2) is 13.6 Å². The molecule has 1 aromatic heterocycles. The number of aromatic nitrogens is 1. The van der Waals surface area contributed by atoms with Crippen molar-refractivity contribution < 1.29 is 27.5 Å². The second-order valence-electron chi connectivity index (χ2n) is 3.47. The Morgan fingerprint density at radius 3 is 2.72 bits per heavy atom. The number of nitrogens with one attached hydrogen (secondary N) is 1. The molecule has 0 radical (unpaired) electrons. The van der Waals surface area contributed by atoms with Gasteiger partial charge in [0.15, 0.2) is 0 Å². The van der Waals surface area contributed by atoms with E-state index in [0.29, 0.717) is 0 Å². The Bertz CT molecular complexity index is 426. The number of carboxylic acid groups (broad SMARTS) is 1. The van der Waals surface area contributed by atoms with Crippen molar-refractivity contribution in [2.24, 2.45) is 0 Å². The van der Waals surface area contributed by atoms with Crippen molar-refractivity contribution in [2.45, 2.75) is 18.9 Å². The van der Waals surface area contributed by atoms with Crippen molar-refractivity contribution >= 4 is 5.97 Å². The molecule has 0 saturated carbocycles. The fourth-order valence-electron chi connectivity index (χ4n) is 1.20. The van der Waals surface area contributed by atoms with E-state index >= 15 is 0 Å². The van der Waals surface area contributed by atoms with Gasteiger partial charge in [0.2, 0.25) is 0 Å². The largest absolute Gasteiger partial charge is 0.478 e. The maximum Gasteiger partial charge on any atom is 0.337 e. The van der Waals surface area contributed by atoms with Crippen LogP contribution in [-0.2, 0) is 6.54 Å². The van der Waals surface area contributed by atoms with E-state index in [2.05, 4.69) is 10.3 Å². The summed E-state index contributed by atoms with van der Waals surface area (Å²) in [7, 11) is 0. The first kappa shape index (κ1) is 14.4. The lowest BCUT2D eigenvalue weighted by Crippen LogP contribution is -2.38. The summed E-state index contributed by atoms with van der Waals surface area (Å²) in [5.41, 5.74) is -0.152. The third-order valence-electron chi connectivity index (χ3n) is 2.09. The number of alkyl halides is 4. The van der Waals surface area contributed by atoms with Crippen LogP contribution in [0.3, 0.4) is 0 Å². The molecular weight excluding hydrogens is 256 g/mol. The quantitative estimate of drug-likeness (QED) is 0.770. The first-order chi connectivity index (χ1) is 8.34. The molecule has 8 heteroatoms. The first-order valence-corrected chi connectivity index (χ1v) is 4.88. The van der Waals surface area contributed by atoms with Crippen molar-refractivity contribution in [1.29, 1.82) is 0 Å². The van der Waals surface area contributed by atoms with E-state index in [1.807, 2.05) is 0 Å². The van der Waals surface area contributed by atoms with E-state index < -0.39 is 24.9 Å². The summed E-state index contributed by atoms with van der Waals surface area (Å²) in [6, 6.07) is 2.62. The average Bonchev–Trinajstić information content (AvgIpc) is 2.29. The topological polar surface area (TPSA) is 62.2 Å². The third-order valence-corrected chi connectivity index (χ3v) is 2.09. The van der Waals surface area contributed by atoms with E-state index in [0.717, 1.165) is 0 Å². The van der Waals surface area contributed by atoms with Gasteiger partial charge in [-0.15, -0.1) is 0 Å². The molecule has 0 atom stereocenters. The van der Waals surface area contributed by atoms with Crippen LogP contribution in [-0.4, -0.2) is 35.0 Å². The summed E-state index contributed by atoms with van der Waals surface area (Å²) in [4.78, 5) is 14.4. The Morgan fingerprint density at radius 2 is 2.17 bits per heavy atom. The number of rotatable bonds is 6. The van der Waals surface area contributed by atoms with Crippen molar-refractivity contribution in [3.8, 4) is 0 Å². The number of aromatic carboxylic acids is 1. The normalized spacial score (nSPS) is 11.8. The minimum absolute atomic E-state index is 0.00932. The van der Waals surface area contributed by atoms with Crippen LogP contribution in [0, 0.1) is 0 Å². The van der Waals surface area contributed by atoms with Gasteiger partial charge in [0, 0.05) is 12.7 Å². The van der Waals surface area contributed by atoms with Gasteiger partial charge in [-0.05, 0) is 12.1 Å². The van der Waals surface area contributed by atoms with Gasteiger partial charge in [-0.2, -0.15) is 8.78 Å². The predicted molar refractivity (Wildman–Crippen MR) is 53.9 cm³/mol. The van der Waals surface area contributed by atoms with Gasteiger partial charge >= 0.3 is 18.3 Å². The van der Waals surface area contributed by atoms with E-state index in [9.17, 15) is 22.4 Å². The van der Waals surface area contributed by atoms with Crippen LogP contribution in [0.15, 0.2) is 18.3 Å². The second-order valence-corrected chi connectivity index (χ2v) is 3.47. The average molecular weight is 266 g/mol. The van der Waals surface area contributed by atoms with Crippen molar-refractivity contribution in [3.05, 3.63) is 29.6 Å². The van der Waals surface area contributed by atoms with E-state index in [-0.39, 0.29) is 17.8 Å². The number of hydrogen-bond acceptors (Lipinski definition) is 3. The Kier molecular flexibility index (Phi) is 4.60. The Hall–Kier alpha value is -1.70. The maximum atomic E-state index is 12.6. The van der Waals surface area contributed by atoms with Crippen LogP contribution < -0.4 is 5.32 Å². The minimum Gasteiger partial charge on any atom is -0.478 e. The number of carbonyl (C=O) groups is 1. The molecule has 100 valence electrons. The van der Waals surface area contributed by atoms with Crippen molar-refractivity contribution in [3.63, 3.8) is 0 Å². The monoisotopic (exact) mass is 266 g/mol. The third kappa shape index (κ3) is 3.66. The minimum atomic E-state index is -4.15. The van der Waals surface area contributed by atoms with E-state index in [1.165, 1.54) is 18.3 Å². The van der Waals surface area contributed by atoms with Gasteiger partial charge in [0.05, 0.1) is 17.8 Å². The van der Waals surface area contributed by atoms with Gasteiger partial charge < -0.3 is 10.4 Å². The van der Waals surface area contributed by atoms with Gasteiger partial charge in [-0.3, -0.25) is 4.98 Å². The van der Waals surface area contributed by atoms with Crippen molar-refractivity contribution in [2.75, 3.05) is 6.54 Å². The molecule has 0 aliphatic heterocycles. The summed E-state index contributed by atoms with van der Waals surface area (Å²) < 4.78 is 48.8. The highest BCUT2D eigenvalue weighted by molar-refractivity contribution is 5.88. The van der Waals surface area contributed by atoms with Crippen LogP contribution in [0.2, 0.25) is 0 Å². The smallest absolute Gasteiger partial charge is 0.337 e. The van der Waals surface area contributed by atoms with Crippen molar-refractivity contribution in [1.82, 2.24) is 10.3 Å². The molecule has 0 amide bonds. The molecule has 1 rings (SSSR count). The predicted octanol–water partition coefficient (Wildman–Crippen LogP) is 1.77. The summed E-state index contributed by atoms with van der Waals surface area (Å²) in [5, 5.41) is 10.8. The lowest BCUT2D eigenvalue weighted by molar-refractivity contribution is -0.125. The lowest BCUT2D eigenvalue weighted by Gasteiger charge is -2.15. The number of pyridine rings is 1. The second kappa shape index (κ2) is 5.76. The Morgan fingerprint density at radius 1 is 1.50 bits per heavy atom. The molecule has 0 fully saturated rings. The van der Waals surface area contributed by atoms with Crippen LogP contribution in [0.5, 0.6) is 0 Å². The molecule has 4 nitrogen and oxygen atoms in total. The fraction of sp³-hybridized carbons (Fsp3) is 0.400. The molecule has 0 spiro atoms. The van der Waals surface area contributed by atoms with Crippen LogP contribution >= 0.6 is 0 Å². The van der Waals surface area contributed by atoms with Crippen LogP contribution in [0.1, 0.15) is 16.1 Å². The Labute approximate surface area is 99.6 Å². The first-order valence-electron chi connectivity index (χ1n) is 4.88. The summed E-state index contributed by atoms with van der Waals surface area (Å²) in [5.74, 6) is -5.42. The van der Waals surface area contributed by atoms with E-state index in [1.54, 1.807) is 0 Å². The highest BCUT2D eigenvalue weighted by Crippen LogP contribution is 2.21. The van der Waals surface area contributed by atoms with Crippen LogP contribution in [0.4, 0.5) is 17.6 Å². The highest BCUT2D eigenvalue weighted by atomic mass is 19.3. The zero-order valence-corrected chi connectivity index (χ0v) is 9.04. The van der Waals surface area contributed by atoms with Gasteiger partial charge in [-0.1, -0.05) is 0 Å². The number of hydrogen-bond donors (Lipinski definition) is 2. The zero-order chi connectivity index (χ0) is 13.8. The molecule has 1 heterocycles. The molecule has 2 N–H and O–H groups in total. The zero-order valence-electron chi connectivity index (χ0n) is 9.04. The highest BCUT2D eigenvalue weighted by Gasteiger charge is 2.40. The lowest BCUT2D eigenvalue weighted by atomic mass is 10.2. The fourth-order valence-corrected chi connectivity index (χ4v) is 1.20. The molecular formula is C10H10F4N2O2.